The van der Waals surface area contributed by atoms with E-state index in [9.17, 15) is 0 Å². The lowest BCUT2D eigenvalue weighted by molar-refractivity contribution is 0.0676. The Morgan fingerprint density at radius 2 is 1.42 bits per heavy atom. The molecule has 5 aliphatic rings. The van der Waals surface area contributed by atoms with Crippen LogP contribution in [0.1, 0.15) is 32.6 Å². The molecule has 0 amide bonds. The second kappa shape index (κ2) is 1.76. The van der Waals surface area contributed by atoms with Gasteiger partial charge in [-0.3, -0.25) is 0 Å². The van der Waals surface area contributed by atoms with E-state index in [1.807, 2.05) is 0 Å². The Hall–Kier alpha value is 0. The minimum Gasteiger partial charge on any atom is -0.0619 e. The lowest BCUT2D eigenvalue weighted by Crippen LogP contribution is -2.34. The Labute approximate surface area is 74.7 Å². The molecule has 0 aliphatic heterocycles. The number of hydrogen-bond acceptors (Lipinski definition) is 0. The van der Waals surface area contributed by atoms with E-state index in [4.69, 9.17) is 0 Å². The van der Waals surface area contributed by atoms with Crippen molar-refractivity contribution in [2.45, 2.75) is 32.6 Å². The molecule has 0 heteroatoms. The van der Waals surface area contributed by atoms with Crippen molar-refractivity contribution in [2.24, 2.45) is 41.4 Å². The van der Waals surface area contributed by atoms with Crippen LogP contribution in [0.5, 0.6) is 0 Å². The van der Waals surface area contributed by atoms with Crippen molar-refractivity contribution in [1.29, 1.82) is 0 Å². The Balaban J connectivity index is 1.89. The molecule has 6 bridgehead atoms. The van der Waals surface area contributed by atoms with Gasteiger partial charge < -0.3 is 0 Å². The number of rotatable bonds is 0. The largest absolute Gasteiger partial charge is 0.0619 e. The zero-order valence-electron chi connectivity index (χ0n) is 7.87. The molecular formula is C12H18. The van der Waals surface area contributed by atoms with Gasteiger partial charge in [0.05, 0.1) is 0 Å². The second-order valence-electron chi connectivity index (χ2n) is 5.99. The molecule has 7 unspecified atom stereocenters. The van der Waals surface area contributed by atoms with Gasteiger partial charge in [-0.2, -0.15) is 0 Å². The Kier molecular flexibility index (Phi) is 0.946. The van der Waals surface area contributed by atoms with Gasteiger partial charge in [-0.15, -0.1) is 0 Å². The van der Waals surface area contributed by atoms with Crippen molar-refractivity contribution < 1.29 is 0 Å². The van der Waals surface area contributed by atoms with Crippen LogP contribution in [0.25, 0.3) is 0 Å². The summed E-state index contributed by atoms with van der Waals surface area (Å²) in [6.45, 7) is 2.56. The fourth-order valence-corrected chi connectivity index (χ4v) is 5.74. The van der Waals surface area contributed by atoms with Crippen LogP contribution < -0.4 is 0 Å². The molecule has 0 aromatic heterocycles. The van der Waals surface area contributed by atoms with E-state index in [1.165, 1.54) is 35.5 Å². The SMILES string of the molecule is CC1C2CC3C4CC2CC(C4)C13. The lowest BCUT2D eigenvalue weighted by atomic mass is 9.62. The zero-order valence-corrected chi connectivity index (χ0v) is 7.87. The second-order valence-corrected chi connectivity index (χ2v) is 5.99. The van der Waals surface area contributed by atoms with Crippen LogP contribution in [0.4, 0.5) is 0 Å². The van der Waals surface area contributed by atoms with Gasteiger partial charge in [0, 0.05) is 0 Å². The van der Waals surface area contributed by atoms with E-state index in [2.05, 4.69) is 6.92 Å². The van der Waals surface area contributed by atoms with E-state index < -0.39 is 0 Å². The van der Waals surface area contributed by atoms with Crippen molar-refractivity contribution in [3.05, 3.63) is 0 Å². The molecule has 5 fully saturated rings. The Bertz CT molecular complexity index is 226. The zero-order chi connectivity index (χ0) is 7.87. The van der Waals surface area contributed by atoms with Crippen molar-refractivity contribution >= 4 is 0 Å². The van der Waals surface area contributed by atoms with E-state index in [0.29, 0.717) is 0 Å². The van der Waals surface area contributed by atoms with Gasteiger partial charge in [0.15, 0.2) is 0 Å². The summed E-state index contributed by atoms with van der Waals surface area (Å²) in [6.07, 6.45) is 6.53. The average Bonchev–Trinajstić information content (AvgIpc) is 2.44. The normalized spacial score (nSPS) is 71.2. The van der Waals surface area contributed by atoms with E-state index in [0.717, 1.165) is 5.92 Å². The van der Waals surface area contributed by atoms with E-state index >= 15 is 0 Å². The molecule has 12 heavy (non-hydrogen) atoms. The summed E-state index contributed by atoms with van der Waals surface area (Å²) in [5, 5.41) is 0. The standard InChI is InChI=1S/C12H18/c1-6-10-5-11-8-2-7(10)3-9(4-8)12(6)11/h6-12H,2-5H2,1H3. The first-order chi connectivity index (χ1) is 5.84. The molecule has 0 aromatic rings. The highest BCUT2D eigenvalue weighted by atomic mass is 14.7. The highest BCUT2D eigenvalue weighted by molar-refractivity contribution is 5.10. The predicted octanol–water partition coefficient (Wildman–Crippen LogP) is 2.93. The molecule has 66 valence electrons. The topological polar surface area (TPSA) is 0 Å². The van der Waals surface area contributed by atoms with Crippen LogP contribution in [0.2, 0.25) is 0 Å². The maximum absolute atomic E-state index is 2.56. The summed E-state index contributed by atoms with van der Waals surface area (Å²) < 4.78 is 0. The van der Waals surface area contributed by atoms with Gasteiger partial charge in [-0.25, -0.2) is 0 Å². The van der Waals surface area contributed by atoms with E-state index in [-0.39, 0.29) is 0 Å². The monoisotopic (exact) mass is 162 g/mol. The Morgan fingerprint density at radius 1 is 0.750 bits per heavy atom. The highest BCUT2D eigenvalue weighted by Crippen LogP contribution is 2.69. The van der Waals surface area contributed by atoms with Crippen molar-refractivity contribution in [3.8, 4) is 0 Å². The number of hydrogen-bond donors (Lipinski definition) is 0. The maximum atomic E-state index is 2.56. The van der Waals surface area contributed by atoms with Gasteiger partial charge in [0.2, 0.25) is 0 Å². The summed E-state index contributed by atoms with van der Waals surface area (Å²) in [5.41, 5.74) is 0. The molecule has 5 saturated carbocycles. The molecule has 0 aromatic carbocycles. The van der Waals surface area contributed by atoms with Gasteiger partial charge in [0.1, 0.15) is 0 Å². The fourth-order valence-electron chi connectivity index (χ4n) is 5.74. The summed E-state index contributed by atoms with van der Waals surface area (Å²) in [7, 11) is 0. The fraction of sp³-hybridized carbons (Fsp3) is 1.00. The van der Waals surface area contributed by atoms with Crippen LogP contribution in [-0.4, -0.2) is 0 Å². The molecule has 0 spiro atoms. The van der Waals surface area contributed by atoms with Gasteiger partial charge in [-0.1, -0.05) is 6.92 Å². The highest BCUT2D eigenvalue weighted by Gasteiger charge is 2.61. The van der Waals surface area contributed by atoms with Crippen LogP contribution in [0.15, 0.2) is 0 Å². The average molecular weight is 162 g/mol. The molecular weight excluding hydrogens is 144 g/mol. The molecule has 5 aliphatic carbocycles. The predicted molar refractivity (Wildman–Crippen MR) is 48.6 cm³/mol. The molecule has 0 heterocycles. The summed E-state index contributed by atoms with van der Waals surface area (Å²) in [5.74, 6) is 8.25. The first kappa shape index (κ1) is 6.45. The maximum Gasteiger partial charge on any atom is -0.0326 e. The smallest absolute Gasteiger partial charge is 0.0326 e. The Morgan fingerprint density at radius 3 is 2.25 bits per heavy atom. The van der Waals surface area contributed by atoms with Crippen LogP contribution in [-0.2, 0) is 0 Å². The third-order valence-corrected chi connectivity index (χ3v) is 5.89. The lowest BCUT2D eigenvalue weighted by Gasteiger charge is -2.43. The van der Waals surface area contributed by atoms with Crippen molar-refractivity contribution in [2.75, 3.05) is 0 Å². The third kappa shape index (κ3) is 0.506. The molecule has 7 atom stereocenters. The van der Waals surface area contributed by atoms with Crippen LogP contribution in [0.3, 0.4) is 0 Å². The van der Waals surface area contributed by atoms with Gasteiger partial charge in [0.25, 0.3) is 0 Å². The molecule has 0 nitrogen and oxygen atoms in total. The third-order valence-electron chi connectivity index (χ3n) is 5.89. The summed E-state index contributed by atoms with van der Waals surface area (Å²) in [6, 6.07) is 0. The van der Waals surface area contributed by atoms with E-state index in [1.54, 1.807) is 25.7 Å². The molecule has 0 radical (unpaired) electrons. The minimum absolute atomic E-state index is 1.12. The first-order valence-corrected chi connectivity index (χ1v) is 5.84. The van der Waals surface area contributed by atoms with Crippen LogP contribution >= 0.6 is 0 Å². The summed E-state index contributed by atoms with van der Waals surface area (Å²) in [4.78, 5) is 0. The van der Waals surface area contributed by atoms with Gasteiger partial charge in [-0.05, 0) is 67.1 Å². The molecule has 0 saturated heterocycles. The summed E-state index contributed by atoms with van der Waals surface area (Å²) >= 11 is 0. The molecule has 5 rings (SSSR count). The first-order valence-electron chi connectivity index (χ1n) is 5.84. The van der Waals surface area contributed by atoms with Crippen molar-refractivity contribution in [3.63, 3.8) is 0 Å². The van der Waals surface area contributed by atoms with Crippen molar-refractivity contribution in [1.82, 2.24) is 0 Å². The minimum atomic E-state index is 1.12. The quantitative estimate of drug-likeness (QED) is 0.514. The van der Waals surface area contributed by atoms with Crippen LogP contribution in [0, 0.1) is 41.4 Å². The van der Waals surface area contributed by atoms with Gasteiger partial charge >= 0.3 is 0 Å². The molecule has 0 N–H and O–H groups in total.